The van der Waals surface area contributed by atoms with Gasteiger partial charge in [0.15, 0.2) is 5.69 Å². The van der Waals surface area contributed by atoms with E-state index in [1.807, 2.05) is 13.0 Å². The maximum atomic E-state index is 12.8. The third kappa shape index (κ3) is 2.50. The van der Waals surface area contributed by atoms with Crippen molar-refractivity contribution in [3.8, 4) is 0 Å². The molecule has 2 heterocycles. The average Bonchev–Trinajstić information content (AvgIpc) is 2.55. The number of likely N-dealkylation sites (tertiary alicyclic amines) is 1. The number of piperidine rings is 1. The number of amides is 1. The molecule has 116 valence electrons. The number of aromatic nitrogens is 2. The van der Waals surface area contributed by atoms with Crippen LogP contribution < -0.4 is 11.2 Å². The highest BCUT2D eigenvalue weighted by Crippen LogP contribution is 2.20. The lowest BCUT2D eigenvalue weighted by Gasteiger charge is -2.37. The average molecular weight is 300 g/mol. The van der Waals surface area contributed by atoms with E-state index in [2.05, 4.69) is 10.2 Å². The molecule has 1 amide bonds. The van der Waals surface area contributed by atoms with Crippen LogP contribution >= 0.6 is 0 Å². The number of fused-ring (bicyclic) bond motifs is 1. The Balaban J connectivity index is 2.01. The Bertz CT molecular complexity index is 753. The van der Waals surface area contributed by atoms with Gasteiger partial charge in [0.1, 0.15) is 0 Å². The molecule has 1 aromatic carbocycles. The summed E-state index contributed by atoms with van der Waals surface area (Å²) < 4.78 is 0. The van der Waals surface area contributed by atoms with Gasteiger partial charge in [-0.3, -0.25) is 14.7 Å². The minimum atomic E-state index is -0.326. The van der Waals surface area contributed by atoms with Crippen molar-refractivity contribution < 1.29 is 4.79 Å². The number of nitrogens with one attached hydrogen (secondary N) is 1. The zero-order valence-electron chi connectivity index (χ0n) is 12.6. The lowest BCUT2D eigenvalue weighted by molar-refractivity contribution is 0.0575. The number of para-hydroxylation sites is 1. The number of nitrogens with zero attached hydrogens (tertiary/aromatic N) is 2. The van der Waals surface area contributed by atoms with Gasteiger partial charge in [-0.1, -0.05) is 12.1 Å². The van der Waals surface area contributed by atoms with E-state index >= 15 is 0 Å². The molecule has 0 aliphatic carbocycles. The van der Waals surface area contributed by atoms with Gasteiger partial charge in [-0.05, 0) is 38.3 Å². The van der Waals surface area contributed by atoms with Crippen molar-refractivity contribution in [1.29, 1.82) is 0 Å². The Kier molecular flexibility index (Phi) is 3.94. The van der Waals surface area contributed by atoms with Gasteiger partial charge in [0.25, 0.3) is 5.91 Å². The highest BCUT2D eigenvalue weighted by molar-refractivity contribution is 5.95. The topological polar surface area (TPSA) is 92.1 Å². The minimum absolute atomic E-state index is 0.0334. The van der Waals surface area contributed by atoms with Gasteiger partial charge in [0.2, 0.25) is 5.43 Å². The van der Waals surface area contributed by atoms with Crippen LogP contribution in [0.2, 0.25) is 0 Å². The molecule has 1 aromatic heterocycles. The first-order valence-corrected chi connectivity index (χ1v) is 7.63. The van der Waals surface area contributed by atoms with Crippen LogP contribution in [0.4, 0.5) is 0 Å². The summed E-state index contributed by atoms with van der Waals surface area (Å²) in [6.07, 6.45) is 2.85. The molecule has 22 heavy (non-hydrogen) atoms. The highest BCUT2D eigenvalue weighted by Gasteiger charge is 2.32. The van der Waals surface area contributed by atoms with Gasteiger partial charge >= 0.3 is 0 Å². The van der Waals surface area contributed by atoms with Crippen molar-refractivity contribution in [2.45, 2.75) is 38.3 Å². The van der Waals surface area contributed by atoms with Gasteiger partial charge < -0.3 is 10.6 Å². The molecule has 0 unspecified atom stereocenters. The predicted octanol–water partition coefficient (Wildman–Crippen LogP) is 1.26. The Labute approximate surface area is 128 Å². The van der Waals surface area contributed by atoms with E-state index in [-0.39, 0.29) is 29.1 Å². The Hall–Kier alpha value is -2.21. The molecular formula is C16H20N4O2. The maximum absolute atomic E-state index is 12.8. The third-order valence-electron chi connectivity index (χ3n) is 4.29. The number of rotatable bonds is 2. The zero-order valence-corrected chi connectivity index (χ0v) is 12.6. The smallest absolute Gasteiger partial charge is 0.278 e. The molecule has 1 saturated heterocycles. The van der Waals surface area contributed by atoms with Crippen LogP contribution in [0.1, 0.15) is 36.7 Å². The molecule has 2 aromatic rings. The van der Waals surface area contributed by atoms with Gasteiger partial charge in [-0.2, -0.15) is 5.10 Å². The zero-order chi connectivity index (χ0) is 15.7. The van der Waals surface area contributed by atoms with Crippen LogP contribution in [0, 0.1) is 0 Å². The van der Waals surface area contributed by atoms with Crippen molar-refractivity contribution in [3.05, 3.63) is 40.2 Å². The molecule has 3 rings (SSSR count). The first-order chi connectivity index (χ1) is 10.6. The number of carbonyl (C=O) groups is 1. The molecule has 6 heteroatoms. The first kappa shape index (κ1) is 14.7. The summed E-state index contributed by atoms with van der Waals surface area (Å²) in [4.78, 5) is 27.0. The summed E-state index contributed by atoms with van der Waals surface area (Å²) in [6.45, 7) is 2.52. The molecule has 1 aliphatic heterocycles. The molecule has 0 radical (unpaired) electrons. The van der Waals surface area contributed by atoms with Crippen LogP contribution in [-0.4, -0.2) is 39.6 Å². The minimum Gasteiger partial charge on any atom is -0.333 e. The van der Waals surface area contributed by atoms with Crippen molar-refractivity contribution in [2.24, 2.45) is 5.73 Å². The molecule has 3 N–H and O–H groups in total. The summed E-state index contributed by atoms with van der Waals surface area (Å²) in [6, 6.07) is 6.91. The van der Waals surface area contributed by atoms with Crippen LogP contribution in [-0.2, 0) is 0 Å². The first-order valence-electron chi connectivity index (χ1n) is 7.63. The summed E-state index contributed by atoms with van der Waals surface area (Å²) in [5.41, 5.74) is 6.26. The second kappa shape index (κ2) is 5.88. The summed E-state index contributed by atoms with van der Waals surface area (Å²) in [7, 11) is 0. The van der Waals surface area contributed by atoms with E-state index < -0.39 is 0 Å². The number of aromatic amines is 1. The van der Waals surface area contributed by atoms with Gasteiger partial charge in [0, 0.05) is 24.0 Å². The van der Waals surface area contributed by atoms with Gasteiger partial charge in [0.05, 0.1) is 5.52 Å². The molecule has 0 bridgehead atoms. The van der Waals surface area contributed by atoms with Crippen molar-refractivity contribution >= 4 is 16.8 Å². The number of nitrogens with two attached hydrogens (primary N) is 1. The predicted molar refractivity (Wildman–Crippen MR) is 84.7 cm³/mol. The maximum Gasteiger partial charge on any atom is 0.278 e. The third-order valence-corrected chi connectivity index (χ3v) is 4.29. The largest absolute Gasteiger partial charge is 0.333 e. The van der Waals surface area contributed by atoms with Crippen LogP contribution in [0.15, 0.2) is 29.1 Å². The van der Waals surface area contributed by atoms with Crippen LogP contribution in [0.5, 0.6) is 0 Å². The van der Waals surface area contributed by atoms with E-state index in [1.165, 1.54) is 0 Å². The SMILES string of the molecule is C[C@@H](N)[C@@H]1CCCCN1C(=O)c1n[nH]c2ccccc2c1=O. The molecule has 0 saturated carbocycles. The Morgan fingerprint density at radius 2 is 2.18 bits per heavy atom. The number of hydrogen-bond donors (Lipinski definition) is 2. The Morgan fingerprint density at radius 1 is 1.41 bits per heavy atom. The number of H-pyrrole nitrogens is 1. The van der Waals surface area contributed by atoms with Gasteiger partial charge in [-0.15, -0.1) is 0 Å². The van der Waals surface area contributed by atoms with E-state index in [0.717, 1.165) is 19.3 Å². The second-order valence-corrected chi connectivity index (χ2v) is 5.87. The fourth-order valence-electron chi connectivity index (χ4n) is 3.11. The molecule has 1 aliphatic rings. The molecule has 2 atom stereocenters. The lowest BCUT2D eigenvalue weighted by atomic mass is 9.96. The number of carbonyl (C=O) groups excluding carboxylic acids is 1. The standard InChI is InChI=1S/C16H20N4O2/c1-10(17)13-8-4-5-9-20(13)16(22)14-15(21)11-6-2-3-7-12(11)18-19-14/h2-3,6-7,10,13H,4-5,8-9,17H2,1H3,(H,18,21)/t10-,13+/m1/s1. The number of benzene rings is 1. The van der Waals surface area contributed by atoms with E-state index in [9.17, 15) is 9.59 Å². The number of hydrogen-bond acceptors (Lipinski definition) is 4. The highest BCUT2D eigenvalue weighted by atomic mass is 16.2. The van der Waals surface area contributed by atoms with E-state index in [4.69, 9.17) is 5.73 Å². The Morgan fingerprint density at radius 3 is 2.95 bits per heavy atom. The monoisotopic (exact) mass is 300 g/mol. The molecular weight excluding hydrogens is 280 g/mol. The fourth-order valence-corrected chi connectivity index (χ4v) is 3.11. The van der Waals surface area contributed by atoms with E-state index in [1.54, 1.807) is 23.1 Å². The van der Waals surface area contributed by atoms with E-state index in [0.29, 0.717) is 17.4 Å². The normalized spacial score (nSPS) is 20.1. The van der Waals surface area contributed by atoms with Crippen LogP contribution in [0.25, 0.3) is 10.9 Å². The molecule has 0 spiro atoms. The second-order valence-electron chi connectivity index (χ2n) is 5.87. The van der Waals surface area contributed by atoms with Crippen molar-refractivity contribution in [3.63, 3.8) is 0 Å². The van der Waals surface area contributed by atoms with Crippen molar-refractivity contribution in [2.75, 3.05) is 6.54 Å². The summed E-state index contributed by atoms with van der Waals surface area (Å²) >= 11 is 0. The fraction of sp³-hybridized carbons (Fsp3) is 0.438. The van der Waals surface area contributed by atoms with Crippen molar-refractivity contribution in [1.82, 2.24) is 15.1 Å². The lowest BCUT2D eigenvalue weighted by Crippen LogP contribution is -2.52. The van der Waals surface area contributed by atoms with Gasteiger partial charge in [-0.25, -0.2) is 0 Å². The molecule has 1 fully saturated rings. The molecule has 6 nitrogen and oxygen atoms in total. The quantitative estimate of drug-likeness (QED) is 0.873. The summed E-state index contributed by atoms with van der Waals surface area (Å²) in [5, 5.41) is 7.28. The summed E-state index contributed by atoms with van der Waals surface area (Å²) in [5.74, 6) is -0.325. The van der Waals surface area contributed by atoms with Crippen LogP contribution in [0.3, 0.4) is 0 Å².